The maximum atomic E-state index is 12.5. The second kappa shape index (κ2) is 6.25. The predicted molar refractivity (Wildman–Crippen MR) is 80.1 cm³/mol. The number of hydrogen-bond donors (Lipinski definition) is 1. The fourth-order valence-corrected chi connectivity index (χ4v) is 5.24. The standard InChI is InChI=1S/C14H20N2O2S2/c1-2-12-7-8-13(19-12)20(17,18)16-14(11-15)9-5-3-4-6-10-14/h7-8,16H,2-6,9-10H2,1H3. The van der Waals surface area contributed by atoms with Crippen molar-refractivity contribution >= 4 is 21.4 Å². The van der Waals surface area contributed by atoms with Crippen LogP contribution in [0.3, 0.4) is 0 Å². The van der Waals surface area contributed by atoms with Crippen LogP contribution in [0.25, 0.3) is 0 Å². The third kappa shape index (κ3) is 3.40. The molecule has 0 atom stereocenters. The largest absolute Gasteiger partial charge is 0.251 e. The second-order valence-corrected chi connectivity index (χ2v) is 8.37. The highest BCUT2D eigenvalue weighted by Crippen LogP contribution is 2.30. The van der Waals surface area contributed by atoms with Gasteiger partial charge in [-0.2, -0.15) is 9.98 Å². The Balaban J connectivity index is 2.23. The van der Waals surface area contributed by atoms with Crippen molar-refractivity contribution in [1.29, 1.82) is 5.26 Å². The van der Waals surface area contributed by atoms with E-state index in [1.165, 1.54) is 11.3 Å². The Morgan fingerprint density at radius 2 is 1.95 bits per heavy atom. The van der Waals surface area contributed by atoms with Crippen LogP contribution in [0, 0.1) is 11.3 Å². The Hall–Kier alpha value is -0.900. The summed E-state index contributed by atoms with van der Waals surface area (Å²) >= 11 is 1.28. The number of nitrogens with one attached hydrogen (secondary N) is 1. The number of nitriles is 1. The van der Waals surface area contributed by atoms with Crippen molar-refractivity contribution in [1.82, 2.24) is 4.72 Å². The minimum absolute atomic E-state index is 0.313. The van der Waals surface area contributed by atoms with Crippen molar-refractivity contribution in [2.45, 2.75) is 61.6 Å². The fourth-order valence-electron chi connectivity index (χ4n) is 2.57. The average molecular weight is 312 g/mol. The van der Waals surface area contributed by atoms with Gasteiger partial charge in [-0.25, -0.2) is 8.42 Å². The molecule has 1 saturated carbocycles. The van der Waals surface area contributed by atoms with Gasteiger partial charge in [0.25, 0.3) is 10.0 Å². The molecule has 0 radical (unpaired) electrons. The van der Waals surface area contributed by atoms with Crippen molar-refractivity contribution in [3.05, 3.63) is 17.0 Å². The maximum Gasteiger partial charge on any atom is 0.251 e. The summed E-state index contributed by atoms with van der Waals surface area (Å²) in [5.74, 6) is 0. The molecule has 1 aliphatic carbocycles. The Bertz CT molecular complexity index is 591. The number of sulfonamides is 1. The summed E-state index contributed by atoms with van der Waals surface area (Å²) in [6, 6.07) is 5.69. The molecule has 1 fully saturated rings. The van der Waals surface area contributed by atoms with Crippen molar-refractivity contribution in [3.8, 4) is 6.07 Å². The summed E-state index contributed by atoms with van der Waals surface area (Å²) in [5, 5.41) is 9.45. The summed E-state index contributed by atoms with van der Waals surface area (Å²) in [6.07, 6.45) is 5.99. The molecule has 0 aliphatic heterocycles. The van der Waals surface area contributed by atoms with Crippen molar-refractivity contribution in [3.63, 3.8) is 0 Å². The number of hydrogen-bond acceptors (Lipinski definition) is 4. The molecule has 1 heterocycles. The zero-order chi connectivity index (χ0) is 14.6. The first-order chi connectivity index (χ1) is 9.51. The average Bonchev–Trinajstić information content (AvgIpc) is 2.81. The molecular weight excluding hydrogens is 292 g/mol. The second-order valence-electron chi connectivity index (χ2n) is 5.29. The molecule has 0 bridgehead atoms. The maximum absolute atomic E-state index is 12.5. The SMILES string of the molecule is CCc1ccc(S(=O)(=O)NC2(C#N)CCCCCC2)s1. The van der Waals surface area contributed by atoms with Crippen LogP contribution in [0.15, 0.2) is 16.3 Å². The topological polar surface area (TPSA) is 70.0 Å². The van der Waals surface area contributed by atoms with Crippen molar-refractivity contribution < 1.29 is 8.42 Å². The summed E-state index contributed by atoms with van der Waals surface area (Å²) in [7, 11) is -3.59. The highest BCUT2D eigenvalue weighted by Gasteiger charge is 2.36. The fraction of sp³-hybridized carbons (Fsp3) is 0.643. The van der Waals surface area contributed by atoms with Crippen LogP contribution >= 0.6 is 11.3 Å². The number of aryl methyl sites for hydroxylation is 1. The number of rotatable bonds is 4. The van der Waals surface area contributed by atoms with Gasteiger partial charge in [0.15, 0.2) is 0 Å². The molecule has 6 heteroatoms. The minimum Gasteiger partial charge on any atom is -0.206 e. The molecule has 0 aromatic carbocycles. The van der Waals surface area contributed by atoms with E-state index in [4.69, 9.17) is 0 Å². The molecule has 2 rings (SSSR count). The molecule has 4 nitrogen and oxygen atoms in total. The van der Waals surface area contributed by atoms with E-state index < -0.39 is 15.6 Å². The zero-order valence-corrected chi connectivity index (χ0v) is 13.3. The summed E-state index contributed by atoms with van der Waals surface area (Å²) in [5.41, 5.74) is -0.925. The van der Waals surface area contributed by atoms with E-state index in [-0.39, 0.29) is 0 Å². The van der Waals surface area contributed by atoms with Gasteiger partial charge in [-0.1, -0.05) is 32.6 Å². The van der Waals surface area contributed by atoms with E-state index in [1.54, 1.807) is 6.07 Å². The van der Waals surface area contributed by atoms with Crippen molar-refractivity contribution in [2.24, 2.45) is 0 Å². The van der Waals surface area contributed by atoms with Gasteiger partial charge >= 0.3 is 0 Å². The van der Waals surface area contributed by atoms with E-state index in [1.807, 2.05) is 13.0 Å². The highest BCUT2D eigenvalue weighted by atomic mass is 32.2. The third-order valence-corrected chi connectivity index (χ3v) is 7.01. The lowest BCUT2D eigenvalue weighted by molar-refractivity contribution is 0.422. The summed E-state index contributed by atoms with van der Waals surface area (Å²) < 4.78 is 27.9. The quantitative estimate of drug-likeness (QED) is 0.868. The monoisotopic (exact) mass is 312 g/mol. The normalized spacial score (nSPS) is 19.2. The van der Waals surface area contributed by atoms with E-state index in [0.29, 0.717) is 17.1 Å². The van der Waals surface area contributed by atoms with Crippen LogP contribution in [0.1, 0.15) is 50.3 Å². The van der Waals surface area contributed by atoms with Gasteiger partial charge in [0.2, 0.25) is 0 Å². The Labute approximate surface area is 124 Å². The van der Waals surface area contributed by atoms with Gasteiger partial charge in [-0.3, -0.25) is 0 Å². The lowest BCUT2D eigenvalue weighted by atomic mass is 9.94. The minimum atomic E-state index is -3.59. The first-order valence-electron chi connectivity index (χ1n) is 7.05. The first-order valence-corrected chi connectivity index (χ1v) is 9.35. The highest BCUT2D eigenvalue weighted by molar-refractivity contribution is 7.91. The Morgan fingerprint density at radius 3 is 2.45 bits per heavy atom. The molecule has 0 amide bonds. The van der Waals surface area contributed by atoms with Gasteiger partial charge in [0.1, 0.15) is 9.75 Å². The predicted octanol–water partition coefficient (Wildman–Crippen LogP) is 3.21. The van der Waals surface area contributed by atoms with Crippen LogP contribution in [-0.2, 0) is 16.4 Å². The molecule has 20 heavy (non-hydrogen) atoms. The van der Waals surface area contributed by atoms with E-state index >= 15 is 0 Å². The van der Waals surface area contributed by atoms with Crippen LogP contribution < -0.4 is 4.72 Å². The van der Waals surface area contributed by atoms with Crippen LogP contribution in [0.4, 0.5) is 0 Å². The van der Waals surface area contributed by atoms with E-state index in [9.17, 15) is 13.7 Å². The van der Waals surface area contributed by atoms with Gasteiger partial charge < -0.3 is 0 Å². The number of thiophene rings is 1. The Kier molecular flexibility index (Phi) is 4.84. The Morgan fingerprint density at radius 1 is 1.30 bits per heavy atom. The van der Waals surface area contributed by atoms with Gasteiger partial charge in [0.05, 0.1) is 6.07 Å². The zero-order valence-electron chi connectivity index (χ0n) is 11.7. The number of nitrogens with zero attached hydrogens (tertiary/aromatic N) is 1. The van der Waals surface area contributed by atoms with Gasteiger partial charge in [-0.15, -0.1) is 11.3 Å². The molecule has 1 aromatic heterocycles. The molecule has 1 aliphatic rings. The molecule has 1 N–H and O–H groups in total. The molecule has 0 spiro atoms. The first kappa shape index (κ1) is 15.5. The van der Waals surface area contributed by atoms with E-state index in [2.05, 4.69) is 10.8 Å². The molecular formula is C14H20N2O2S2. The van der Waals surface area contributed by atoms with E-state index in [0.717, 1.165) is 37.0 Å². The molecule has 0 saturated heterocycles. The van der Waals surface area contributed by atoms with Crippen molar-refractivity contribution in [2.75, 3.05) is 0 Å². The molecule has 110 valence electrons. The van der Waals surface area contributed by atoms with Crippen LogP contribution in [-0.4, -0.2) is 14.0 Å². The lowest BCUT2D eigenvalue weighted by Gasteiger charge is -2.25. The van der Waals surface area contributed by atoms with Gasteiger partial charge in [0, 0.05) is 4.88 Å². The van der Waals surface area contributed by atoms with Gasteiger partial charge in [-0.05, 0) is 31.4 Å². The third-order valence-electron chi connectivity index (χ3n) is 3.75. The molecule has 1 aromatic rings. The smallest absolute Gasteiger partial charge is 0.206 e. The van der Waals surface area contributed by atoms with Crippen LogP contribution in [0.2, 0.25) is 0 Å². The summed E-state index contributed by atoms with van der Waals surface area (Å²) in [4.78, 5) is 1.04. The molecule has 0 unspecified atom stereocenters. The van der Waals surface area contributed by atoms with Crippen LogP contribution in [0.5, 0.6) is 0 Å². The lowest BCUT2D eigenvalue weighted by Crippen LogP contribution is -2.46. The summed E-state index contributed by atoms with van der Waals surface area (Å²) in [6.45, 7) is 2.00.